The molecule has 1 atom stereocenters. The zero-order chi connectivity index (χ0) is 28.9. The van der Waals surface area contributed by atoms with Gasteiger partial charge < -0.3 is 20.9 Å². The van der Waals surface area contributed by atoms with Crippen molar-refractivity contribution < 1.29 is 9.59 Å². The van der Waals surface area contributed by atoms with Crippen LogP contribution in [0.3, 0.4) is 0 Å². The molecule has 3 aromatic carbocycles. The van der Waals surface area contributed by atoms with Gasteiger partial charge in [-0.05, 0) is 66.6 Å². The minimum Gasteiger partial charge on any atom is -0.397 e. The Bertz CT molecular complexity index is 1540. The normalized spacial score (nSPS) is 18.0. The van der Waals surface area contributed by atoms with E-state index in [0.29, 0.717) is 23.4 Å². The van der Waals surface area contributed by atoms with Crippen LogP contribution in [0.4, 0.5) is 17.2 Å². The second-order valence-corrected chi connectivity index (χ2v) is 11.6. The van der Waals surface area contributed by atoms with Gasteiger partial charge in [0.05, 0.1) is 16.9 Å². The van der Waals surface area contributed by atoms with Crippen LogP contribution in [0.15, 0.2) is 97.2 Å². The molecular weight excluding hydrogens is 522 g/mol. The van der Waals surface area contributed by atoms with Gasteiger partial charge in [-0.15, -0.1) is 0 Å². The Kier molecular flexibility index (Phi) is 7.91. The molecule has 4 aromatic rings. The molecule has 2 fully saturated rings. The topological polar surface area (TPSA) is 91.6 Å². The fourth-order valence-electron chi connectivity index (χ4n) is 6.23. The smallest absolute Gasteiger partial charge is 0.257 e. The summed E-state index contributed by atoms with van der Waals surface area (Å²) in [5.74, 6) is 0.882. The second-order valence-electron chi connectivity index (χ2n) is 11.6. The van der Waals surface area contributed by atoms with E-state index in [1.54, 1.807) is 6.20 Å². The lowest BCUT2D eigenvalue weighted by Crippen LogP contribution is -2.34. The van der Waals surface area contributed by atoms with E-state index in [9.17, 15) is 9.59 Å². The third-order valence-corrected chi connectivity index (χ3v) is 8.67. The van der Waals surface area contributed by atoms with E-state index < -0.39 is 0 Å². The second kappa shape index (κ2) is 12.1. The lowest BCUT2D eigenvalue weighted by molar-refractivity contribution is -0.130. The molecule has 214 valence electrons. The van der Waals surface area contributed by atoms with Crippen molar-refractivity contribution in [3.05, 3.63) is 108 Å². The third-order valence-electron chi connectivity index (χ3n) is 8.67. The van der Waals surface area contributed by atoms with Crippen molar-refractivity contribution >= 4 is 29.0 Å². The Morgan fingerprint density at radius 2 is 1.62 bits per heavy atom. The van der Waals surface area contributed by atoms with Crippen molar-refractivity contribution in [2.24, 2.45) is 5.41 Å². The molecule has 0 aliphatic carbocycles. The van der Waals surface area contributed by atoms with Crippen LogP contribution in [0.1, 0.15) is 41.6 Å². The first-order valence-electron chi connectivity index (χ1n) is 14.8. The Morgan fingerprint density at radius 3 is 2.38 bits per heavy atom. The Labute approximate surface area is 247 Å². The zero-order valence-corrected chi connectivity index (χ0v) is 23.8. The van der Waals surface area contributed by atoms with Gasteiger partial charge in [-0.25, -0.2) is 4.98 Å². The summed E-state index contributed by atoms with van der Waals surface area (Å²) in [6, 6.07) is 29.7. The summed E-state index contributed by atoms with van der Waals surface area (Å²) in [6.45, 7) is 3.43. The average molecular weight is 560 g/mol. The number of rotatable bonds is 8. The highest BCUT2D eigenvalue weighted by Gasteiger charge is 2.44. The molecule has 1 aromatic heterocycles. The Morgan fingerprint density at radius 1 is 0.857 bits per heavy atom. The van der Waals surface area contributed by atoms with E-state index >= 15 is 0 Å². The van der Waals surface area contributed by atoms with E-state index in [4.69, 9.17) is 5.73 Å². The zero-order valence-electron chi connectivity index (χ0n) is 23.8. The predicted molar refractivity (Wildman–Crippen MR) is 168 cm³/mol. The number of nitrogens with one attached hydrogen (secondary N) is 1. The molecule has 2 aliphatic rings. The van der Waals surface area contributed by atoms with Crippen LogP contribution in [0.25, 0.3) is 11.1 Å². The fraction of sp³-hybridized carbons (Fsp3) is 0.286. The molecule has 2 saturated heterocycles. The van der Waals surface area contributed by atoms with Gasteiger partial charge in [-0.2, -0.15) is 0 Å². The van der Waals surface area contributed by atoms with Gasteiger partial charge in [0.1, 0.15) is 5.82 Å². The number of anilines is 3. The van der Waals surface area contributed by atoms with Crippen molar-refractivity contribution in [1.82, 2.24) is 9.88 Å². The molecule has 42 heavy (non-hydrogen) atoms. The summed E-state index contributed by atoms with van der Waals surface area (Å²) < 4.78 is 0. The molecule has 3 heterocycles. The molecular formula is C35H37N5O2. The van der Waals surface area contributed by atoms with E-state index in [1.807, 2.05) is 78.9 Å². The number of benzene rings is 3. The fourth-order valence-corrected chi connectivity index (χ4v) is 6.23. The van der Waals surface area contributed by atoms with Gasteiger partial charge in [0.2, 0.25) is 5.91 Å². The molecule has 1 spiro atoms. The number of hydrogen-bond acceptors (Lipinski definition) is 5. The van der Waals surface area contributed by atoms with E-state index in [2.05, 4.69) is 32.2 Å². The maximum atomic E-state index is 13.0. The van der Waals surface area contributed by atoms with E-state index in [1.165, 1.54) is 5.56 Å². The number of pyridine rings is 1. The van der Waals surface area contributed by atoms with Gasteiger partial charge >= 0.3 is 0 Å². The Hall–Kier alpha value is -4.65. The number of nitrogen functional groups attached to an aromatic ring is 1. The molecule has 0 radical (unpaired) electrons. The lowest BCUT2D eigenvalue weighted by atomic mass is 9.86. The summed E-state index contributed by atoms with van der Waals surface area (Å²) >= 11 is 0. The van der Waals surface area contributed by atoms with Gasteiger partial charge in [0, 0.05) is 44.2 Å². The van der Waals surface area contributed by atoms with E-state index in [0.717, 1.165) is 68.8 Å². The summed E-state index contributed by atoms with van der Waals surface area (Å²) in [5.41, 5.74) is 11.2. The number of carbonyl (C=O) groups excluding carboxylic acids is 2. The van der Waals surface area contributed by atoms with Gasteiger partial charge in [-0.3, -0.25) is 9.59 Å². The summed E-state index contributed by atoms with van der Waals surface area (Å²) in [4.78, 5) is 35.0. The molecule has 0 bridgehead atoms. The number of carbonyl (C=O) groups is 2. The number of hydrogen-bond donors (Lipinski definition) is 2. The molecule has 1 unspecified atom stereocenters. The van der Waals surface area contributed by atoms with E-state index in [-0.39, 0.29) is 17.2 Å². The Balaban J connectivity index is 1.03. The molecule has 7 nitrogen and oxygen atoms in total. The van der Waals surface area contributed by atoms with Crippen LogP contribution in [0, 0.1) is 5.41 Å². The molecule has 0 saturated carbocycles. The maximum absolute atomic E-state index is 13.0. The number of amides is 2. The van der Waals surface area contributed by atoms with Crippen LogP contribution in [-0.4, -0.2) is 47.9 Å². The molecule has 3 N–H and O–H groups in total. The average Bonchev–Trinajstić information content (AvgIpc) is 3.65. The summed E-state index contributed by atoms with van der Waals surface area (Å²) in [7, 11) is 0. The molecule has 2 aliphatic heterocycles. The van der Waals surface area contributed by atoms with Crippen molar-refractivity contribution in [3.63, 3.8) is 0 Å². The number of aryl methyl sites for hydroxylation is 1. The van der Waals surface area contributed by atoms with Crippen molar-refractivity contribution in [3.8, 4) is 11.1 Å². The quantitative estimate of drug-likeness (QED) is 0.257. The molecule has 2 amide bonds. The van der Waals surface area contributed by atoms with Crippen molar-refractivity contribution in [1.29, 1.82) is 0 Å². The van der Waals surface area contributed by atoms with Crippen LogP contribution >= 0.6 is 0 Å². The molecule has 7 heteroatoms. The van der Waals surface area contributed by atoms with Crippen LogP contribution in [0.2, 0.25) is 0 Å². The van der Waals surface area contributed by atoms with Crippen molar-refractivity contribution in [2.75, 3.05) is 42.1 Å². The minimum atomic E-state index is -0.249. The van der Waals surface area contributed by atoms with Crippen LogP contribution in [0.5, 0.6) is 0 Å². The standard InChI is InChI=1S/C35H37N5O2/c36-30-16-14-28(27-11-5-2-6-12-27)22-31(30)38-34(42)29-15-17-32(37-23-29)39-20-18-35(24-39)19-21-40(25-35)33(41)13-7-10-26-8-3-1-4-9-26/h1-6,8-9,11-12,14-17,22-23H,7,10,13,18-21,24-25,36H2,(H,38,42). The van der Waals surface area contributed by atoms with Gasteiger partial charge in [0.25, 0.3) is 5.91 Å². The highest BCUT2D eigenvalue weighted by Crippen LogP contribution is 2.41. The number of aromatic nitrogens is 1. The van der Waals surface area contributed by atoms with Gasteiger partial charge in [-0.1, -0.05) is 66.7 Å². The maximum Gasteiger partial charge on any atom is 0.257 e. The molecule has 6 rings (SSSR count). The summed E-state index contributed by atoms with van der Waals surface area (Å²) in [5, 5.41) is 2.95. The van der Waals surface area contributed by atoms with Crippen LogP contribution in [-0.2, 0) is 11.2 Å². The minimum absolute atomic E-state index is 0.119. The van der Waals surface area contributed by atoms with Crippen LogP contribution < -0.4 is 16.0 Å². The first kappa shape index (κ1) is 27.5. The highest BCUT2D eigenvalue weighted by molar-refractivity contribution is 6.06. The summed E-state index contributed by atoms with van der Waals surface area (Å²) in [6.07, 6.45) is 6.12. The number of likely N-dealkylation sites (tertiary alicyclic amines) is 1. The predicted octanol–water partition coefficient (Wildman–Crippen LogP) is 6.03. The monoisotopic (exact) mass is 559 g/mol. The first-order valence-corrected chi connectivity index (χ1v) is 14.8. The first-order chi connectivity index (χ1) is 20.5. The SMILES string of the molecule is Nc1ccc(-c2ccccc2)cc1NC(=O)c1ccc(N2CCC3(CCN(C(=O)CCCc4ccccc4)C3)C2)nc1. The highest BCUT2D eigenvalue weighted by atomic mass is 16.2. The lowest BCUT2D eigenvalue weighted by Gasteiger charge is -2.25. The third kappa shape index (κ3) is 6.15. The van der Waals surface area contributed by atoms with Crippen molar-refractivity contribution in [2.45, 2.75) is 32.1 Å². The largest absolute Gasteiger partial charge is 0.397 e. The van der Waals surface area contributed by atoms with Gasteiger partial charge in [0.15, 0.2) is 0 Å². The number of nitrogens with zero attached hydrogens (tertiary/aromatic N) is 3. The number of nitrogens with two attached hydrogens (primary N) is 1.